The zero-order chi connectivity index (χ0) is 13.8. The van der Waals surface area contributed by atoms with E-state index in [9.17, 15) is 8.78 Å². The number of nitrogens with zero attached hydrogens (tertiary/aromatic N) is 2. The second-order valence-corrected chi connectivity index (χ2v) is 3.87. The first-order valence-corrected chi connectivity index (χ1v) is 5.67. The number of aryl methyl sites for hydroxylation is 1. The van der Waals surface area contributed by atoms with Gasteiger partial charge in [-0.3, -0.25) is 0 Å². The molecule has 0 unspecified atom stereocenters. The zero-order valence-electron chi connectivity index (χ0n) is 10.5. The summed E-state index contributed by atoms with van der Waals surface area (Å²) in [7, 11) is 1.77. The van der Waals surface area contributed by atoms with Crippen LogP contribution in [0.25, 0.3) is 11.4 Å². The van der Waals surface area contributed by atoms with Crippen molar-refractivity contribution in [3.8, 4) is 17.1 Å². The third-order valence-electron chi connectivity index (χ3n) is 2.45. The average Bonchev–Trinajstić information content (AvgIpc) is 2.38. The highest BCUT2D eigenvalue weighted by Crippen LogP contribution is 2.22. The summed E-state index contributed by atoms with van der Waals surface area (Å²) in [5.41, 5.74) is 1.56. The van der Waals surface area contributed by atoms with Gasteiger partial charge >= 0.3 is 6.61 Å². The molecule has 1 N–H and O–H groups in total. The molecule has 0 saturated heterocycles. The van der Waals surface area contributed by atoms with Crippen molar-refractivity contribution in [2.75, 3.05) is 12.4 Å². The van der Waals surface area contributed by atoms with Crippen molar-refractivity contribution in [3.05, 3.63) is 36.0 Å². The van der Waals surface area contributed by atoms with Gasteiger partial charge in [0.05, 0.1) is 0 Å². The molecular formula is C13H13F2N3O. The molecule has 0 radical (unpaired) electrons. The van der Waals surface area contributed by atoms with Gasteiger partial charge in [0.1, 0.15) is 11.6 Å². The highest BCUT2D eigenvalue weighted by molar-refractivity contribution is 5.58. The van der Waals surface area contributed by atoms with Crippen molar-refractivity contribution >= 4 is 5.82 Å². The fraction of sp³-hybridized carbons (Fsp3) is 0.231. The first-order valence-electron chi connectivity index (χ1n) is 5.67. The third kappa shape index (κ3) is 3.37. The molecule has 0 aliphatic carbocycles. The Morgan fingerprint density at radius 3 is 2.42 bits per heavy atom. The summed E-state index contributed by atoms with van der Waals surface area (Å²) in [6, 6.07) is 8.04. The Bertz CT molecular complexity index is 558. The number of ether oxygens (including phenoxy) is 1. The molecule has 4 nitrogen and oxygen atoms in total. The average molecular weight is 265 g/mol. The fourth-order valence-electron chi connectivity index (χ4n) is 1.61. The number of aromatic nitrogens is 2. The Morgan fingerprint density at radius 1 is 1.16 bits per heavy atom. The van der Waals surface area contributed by atoms with Crippen molar-refractivity contribution in [2.45, 2.75) is 13.5 Å². The first kappa shape index (κ1) is 13.2. The molecule has 100 valence electrons. The van der Waals surface area contributed by atoms with Crippen LogP contribution in [0, 0.1) is 6.92 Å². The van der Waals surface area contributed by atoms with Crippen LogP contribution in [0.3, 0.4) is 0 Å². The Kier molecular flexibility index (Phi) is 3.89. The maximum atomic E-state index is 12.0. The normalized spacial score (nSPS) is 10.6. The Hall–Kier alpha value is -2.24. The summed E-state index contributed by atoms with van der Waals surface area (Å²) >= 11 is 0. The lowest BCUT2D eigenvalue weighted by Gasteiger charge is -2.07. The minimum Gasteiger partial charge on any atom is -0.435 e. The van der Waals surface area contributed by atoms with E-state index in [1.54, 1.807) is 19.2 Å². The van der Waals surface area contributed by atoms with Crippen LogP contribution in [-0.4, -0.2) is 23.6 Å². The summed E-state index contributed by atoms with van der Waals surface area (Å²) in [4.78, 5) is 8.60. The number of nitrogens with one attached hydrogen (secondary N) is 1. The monoisotopic (exact) mass is 265 g/mol. The standard InChI is InChI=1S/C13H13F2N3O/c1-8-7-11(16-2)18-12(17-8)9-3-5-10(6-4-9)19-13(14)15/h3-7,13H,1-2H3,(H,16,17,18). The maximum absolute atomic E-state index is 12.0. The molecule has 1 aromatic carbocycles. The summed E-state index contributed by atoms with van der Waals surface area (Å²) in [5, 5.41) is 2.94. The van der Waals surface area contributed by atoms with E-state index in [1.165, 1.54) is 12.1 Å². The molecule has 0 aliphatic heterocycles. The Labute approximate surface area is 109 Å². The number of hydrogen-bond acceptors (Lipinski definition) is 4. The number of hydrogen-bond donors (Lipinski definition) is 1. The topological polar surface area (TPSA) is 47.0 Å². The van der Waals surface area contributed by atoms with Crippen molar-refractivity contribution < 1.29 is 13.5 Å². The van der Waals surface area contributed by atoms with Crippen molar-refractivity contribution in [2.24, 2.45) is 0 Å². The van der Waals surface area contributed by atoms with Gasteiger partial charge in [0, 0.05) is 24.4 Å². The predicted molar refractivity (Wildman–Crippen MR) is 68.4 cm³/mol. The van der Waals surface area contributed by atoms with E-state index in [2.05, 4.69) is 20.0 Å². The molecule has 0 bridgehead atoms. The molecule has 0 aliphatic rings. The molecular weight excluding hydrogens is 252 g/mol. The molecule has 2 rings (SSSR count). The molecule has 0 atom stereocenters. The van der Waals surface area contributed by atoms with Crippen LogP contribution >= 0.6 is 0 Å². The van der Waals surface area contributed by atoms with Crippen LogP contribution < -0.4 is 10.1 Å². The lowest BCUT2D eigenvalue weighted by Crippen LogP contribution is -2.02. The summed E-state index contributed by atoms with van der Waals surface area (Å²) in [6.07, 6.45) is 0. The quantitative estimate of drug-likeness (QED) is 0.922. The molecule has 2 aromatic rings. The van der Waals surface area contributed by atoms with E-state index < -0.39 is 6.61 Å². The number of rotatable bonds is 4. The molecule has 19 heavy (non-hydrogen) atoms. The van der Waals surface area contributed by atoms with E-state index in [4.69, 9.17) is 0 Å². The van der Waals surface area contributed by atoms with Crippen LogP contribution in [-0.2, 0) is 0 Å². The lowest BCUT2D eigenvalue weighted by atomic mass is 10.2. The maximum Gasteiger partial charge on any atom is 0.387 e. The van der Waals surface area contributed by atoms with Gasteiger partial charge in [-0.05, 0) is 31.2 Å². The summed E-state index contributed by atoms with van der Waals surface area (Å²) < 4.78 is 28.4. The molecule has 1 aromatic heterocycles. The van der Waals surface area contributed by atoms with Gasteiger partial charge in [-0.1, -0.05) is 0 Å². The van der Waals surface area contributed by atoms with Crippen LogP contribution in [0.5, 0.6) is 5.75 Å². The minimum atomic E-state index is -2.82. The number of benzene rings is 1. The van der Waals surface area contributed by atoms with Gasteiger partial charge in [-0.2, -0.15) is 8.78 Å². The van der Waals surface area contributed by atoms with Gasteiger partial charge in [0.2, 0.25) is 0 Å². The van der Waals surface area contributed by atoms with Crippen LogP contribution in [0.4, 0.5) is 14.6 Å². The number of alkyl halides is 2. The van der Waals surface area contributed by atoms with Gasteiger partial charge in [0.25, 0.3) is 0 Å². The van der Waals surface area contributed by atoms with Gasteiger partial charge < -0.3 is 10.1 Å². The Morgan fingerprint density at radius 2 is 1.84 bits per heavy atom. The van der Waals surface area contributed by atoms with Crippen LogP contribution in [0.15, 0.2) is 30.3 Å². The molecule has 0 fully saturated rings. The van der Waals surface area contributed by atoms with Gasteiger partial charge in [-0.15, -0.1) is 0 Å². The molecule has 0 saturated carbocycles. The second-order valence-electron chi connectivity index (χ2n) is 3.87. The fourth-order valence-corrected chi connectivity index (χ4v) is 1.61. The van der Waals surface area contributed by atoms with E-state index in [1.807, 2.05) is 13.0 Å². The summed E-state index contributed by atoms with van der Waals surface area (Å²) in [6.45, 7) is -0.961. The molecule has 0 amide bonds. The number of anilines is 1. The molecule has 1 heterocycles. The smallest absolute Gasteiger partial charge is 0.387 e. The second kappa shape index (κ2) is 5.60. The van der Waals surface area contributed by atoms with Gasteiger partial charge in [0.15, 0.2) is 5.82 Å². The van der Waals surface area contributed by atoms with E-state index in [-0.39, 0.29) is 5.75 Å². The zero-order valence-corrected chi connectivity index (χ0v) is 10.5. The highest BCUT2D eigenvalue weighted by atomic mass is 19.3. The van der Waals surface area contributed by atoms with Crippen LogP contribution in [0.2, 0.25) is 0 Å². The molecule has 6 heteroatoms. The largest absolute Gasteiger partial charge is 0.435 e. The number of halogens is 2. The highest BCUT2D eigenvalue weighted by Gasteiger charge is 2.07. The predicted octanol–water partition coefficient (Wildman–Crippen LogP) is 3.10. The van der Waals surface area contributed by atoms with Crippen molar-refractivity contribution in [1.82, 2.24) is 9.97 Å². The first-order chi connectivity index (χ1) is 9.08. The van der Waals surface area contributed by atoms with Crippen LogP contribution in [0.1, 0.15) is 5.69 Å². The lowest BCUT2D eigenvalue weighted by molar-refractivity contribution is -0.0498. The van der Waals surface area contributed by atoms with E-state index in [0.29, 0.717) is 11.6 Å². The van der Waals surface area contributed by atoms with Gasteiger partial charge in [-0.25, -0.2) is 9.97 Å². The minimum absolute atomic E-state index is 0.111. The molecule has 0 spiro atoms. The van der Waals surface area contributed by atoms with Crippen molar-refractivity contribution in [1.29, 1.82) is 0 Å². The Balaban J connectivity index is 2.29. The SMILES string of the molecule is CNc1cc(C)nc(-c2ccc(OC(F)F)cc2)n1. The van der Waals surface area contributed by atoms with Crippen molar-refractivity contribution in [3.63, 3.8) is 0 Å². The third-order valence-corrected chi connectivity index (χ3v) is 2.45. The van der Waals surface area contributed by atoms with E-state index in [0.717, 1.165) is 11.3 Å². The van der Waals surface area contributed by atoms with E-state index >= 15 is 0 Å². The summed E-state index contributed by atoms with van der Waals surface area (Å²) in [5.74, 6) is 1.35.